The summed E-state index contributed by atoms with van der Waals surface area (Å²) in [4.78, 5) is 4.64. The van der Waals surface area contributed by atoms with Crippen molar-refractivity contribution in [3.8, 4) is 17.2 Å². The van der Waals surface area contributed by atoms with Crippen molar-refractivity contribution >= 4 is 16.9 Å². The molecule has 1 heterocycles. The van der Waals surface area contributed by atoms with E-state index in [2.05, 4.69) is 56.7 Å². The fourth-order valence-electron chi connectivity index (χ4n) is 3.34. The molecule has 3 N–H and O–H groups in total. The third-order valence-corrected chi connectivity index (χ3v) is 4.85. The number of guanidine groups is 1. The van der Waals surface area contributed by atoms with Crippen LogP contribution in [0.4, 0.5) is 0 Å². The van der Waals surface area contributed by atoms with Gasteiger partial charge in [-0.25, -0.2) is 4.99 Å². The van der Waals surface area contributed by atoms with E-state index < -0.39 is 0 Å². The summed E-state index contributed by atoms with van der Waals surface area (Å²) in [6, 6.07) is 14.1. The normalized spacial score (nSPS) is 11.5. The van der Waals surface area contributed by atoms with Gasteiger partial charge in [-0.05, 0) is 48.6 Å². The van der Waals surface area contributed by atoms with Gasteiger partial charge in [-0.3, -0.25) is 0 Å². The monoisotopic (exact) mass is 410 g/mol. The zero-order valence-electron chi connectivity index (χ0n) is 17.8. The molecule has 0 saturated heterocycles. The van der Waals surface area contributed by atoms with Gasteiger partial charge in [0, 0.05) is 31.3 Å². The smallest absolute Gasteiger partial charge is 0.200 e. The Bertz CT molecular complexity index is 972. The molecule has 0 aliphatic rings. The van der Waals surface area contributed by atoms with Gasteiger partial charge in [-0.2, -0.15) is 0 Å². The average molecular weight is 411 g/mol. The zero-order chi connectivity index (χ0) is 21.3. The highest BCUT2D eigenvalue weighted by Gasteiger charge is 2.11. The van der Waals surface area contributed by atoms with E-state index in [0.717, 1.165) is 37.6 Å². The molecule has 0 spiro atoms. The minimum atomic E-state index is -0.00435. The Morgan fingerprint density at radius 3 is 2.50 bits per heavy atom. The summed E-state index contributed by atoms with van der Waals surface area (Å²) >= 11 is 0. The van der Waals surface area contributed by atoms with Crippen LogP contribution >= 0.6 is 0 Å². The number of aromatic nitrogens is 1. The van der Waals surface area contributed by atoms with Crippen LogP contribution in [0.3, 0.4) is 0 Å². The van der Waals surface area contributed by atoms with Crippen LogP contribution in [0.2, 0.25) is 0 Å². The summed E-state index contributed by atoms with van der Waals surface area (Å²) in [6.07, 6.45) is 3.11. The van der Waals surface area contributed by atoms with Crippen molar-refractivity contribution in [1.82, 2.24) is 15.2 Å². The number of aliphatic imine (C=N–C) groups is 1. The third kappa shape index (κ3) is 5.17. The highest BCUT2D eigenvalue weighted by atomic mass is 16.5. The van der Waals surface area contributed by atoms with Crippen molar-refractivity contribution < 1.29 is 14.6 Å². The maximum absolute atomic E-state index is 10.1. The third-order valence-electron chi connectivity index (χ3n) is 4.85. The molecule has 0 radical (unpaired) electrons. The van der Waals surface area contributed by atoms with Crippen molar-refractivity contribution in [3.63, 3.8) is 0 Å². The fraction of sp³-hybridized carbons (Fsp3) is 0.348. The molecule has 7 nitrogen and oxygen atoms in total. The van der Waals surface area contributed by atoms with Gasteiger partial charge in [0.05, 0.1) is 20.8 Å². The first-order valence-corrected chi connectivity index (χ1v) is 10.2. The SMILES string of the molecule is CCNC(=NCc1cc(OC)c(O)c(OC)c1)NCCCn1ccc2ccccc21. The van der Waals surface area contributed by atoms with Gasteiger partial charge >= 0.3 is 0 Å². The highest BCUT2D eigenvalue weighted by Crippen LogP contribution is 2.37. The molecule has 0 aliphatic carbocycles. The van der Waals surface area contributed by atoms with Crippen molar-refractivity contribution in [2.45, 2.75) is 26.4 Å². The number of methoxy groups -OCH3 is 2. The van der Waals surface area contributed by atoms with Gasteiger partial charge in [-0.1, -0.05) is 18.2 Å². The highest BCUT2D eigenvalue weighted by molar-refractivity contribution is 5.80. The second-order valence-corrected chi connectivity index (χ2v) is 6.89. The molecule has 2 aromatic carbocycles. The number of phenols is 1. The van der Waals surface area contributed by atoms with E-state index in [1.54, 1.807) is 12.1 Å². The molecular formula is C23H30N4O3. The zero-order valence-corrected chi connectivity index (χ0v) is 17.8. The summed E-state index contributed by atoms with van der Waals surface area (Å²) in [5, 5.41) is 18.0. The van der Waals surface area contributed by atoms with Crippen molar-refractivity contribution in [2.24, 2.45) is 4.99 Å². The summed E-state index contributed by atoms with van der Waals surface area (Å²) in [7, 11) is 3.03. The average Bonchev–Trinajstić information content (AvgIpc) is 3.18. The molecule has 0 fully saturated rings. The van der Waals surface area contributed by atoms with E-state index in [4.69, 9.17) is 9.47 Å². The summed E-state index contributed by atoms with van der Waals surface area (Å²) in [5.74, 6) is 1.49. The Morgan fingerprint density at radius 2 is 1.80 bits per heavy atom. The first kappa shape index (κ1) is 21.4. The quantitative estimate of drug-likeness (QED) is 0.286. The number of hydrogen-bond donors (Lipinski definition) is 3. The summed E-state index contributed by atoms with van der Waals surface area (Å²) in [6.45, 7) is 4.99. The second-order valence-electron chi connectivity index (χ2n) is 6.89. The van der Waals surface area contributed by atoms with Crippen molar-refractivity contribution in [1.29, 1.82) is 0 Å². The van der Waals surface area contributed by atoms with Crippen LogP contribution in [-0.2, 0) is 13.1 Å². The number of phenolic OH excluding ortho intramolecular Hbond substituents is 1. The van der Waals surface area contributed by atoms with Gasteiger partial charge < -0.3 is 29.8 Å². The molecule has 3 aromatic rings. The minimum Gasteiger partial charge on any atom is -0.502 e. The van der Waals surface area contributed by atoms with Gasteiger partial charge in [0.2, 0.25) is 5.75 Å². The molecule has 0 unspecified atom stereocenters. The Kier molecular flexibility index (Phi) is 7.43. The van der Waals surface area contributed by atoms with Crippen LogP contribution in [0.5, 0.6) is 17.2 Å². The summed E-state index contributed by atoms with van der Waals surface area (Å²) in [5.41, 5.74) is 2.14. The number of aromatic hydroxyl groups is 1. The Balaban J connectivity index is 1.58. The number of benzene rings is 2. The lowest BCUT2D eigenvalue weighted by Crippen LogP contribution is -2.38. The minimum absolute atomic E-state index is 0.00435. The molecule has 7 heteroatoms. The Labute approximate surface area is 177 Å². The van der Waals surface area contributed by atoms with Gasteiger partial charge in [-0.15, -0.1) is 0 Å². The van der Waals surface area contributed by atoms with E-state index in [1.807, 2.05) is 6.92 Å². The molecule has 0 bridgehead atoms. The standard InChI is InChI=1S/C23H30N4O3/c1-4-24-23(26-16-17-14-20(29-2)22(28)21(15-17)30-3)25-11-7-12-27-13-10-18-8-5-6-9-19(18)27/h5-6,8-10,13-15,28H,4,7,11-12,16H2,1-3H3,(H2,24,25,26). The van der Waals surface area contributed by atoms with Crippen LogP contribution in [-0.4, -0.2) is 42.9 Å². The predicted molar refractivity (Wildman–Crippen MR) is 121 cm³/mol. The molecular weight excluding hydrogens is 380 g/mol. The molecule has 0 aliphatic heterocycles. The van der Waals surface area contributed by atoms with E-state index in [9.17, 15) is 5.11 Å². The molecule has 0 amide bonds. The van der Waals surface area contributed by atoms with Crippen LogP contribution in [0.25, 0.3) is 10.9 Å². The number of nitrogens with one attached hydrogen (secondary N) is 2. The Morgan fingerprint density at radius 1 is 1.07 bits per heavy atom. The predicted octanol–water partition coefficient (Wildman–Crippen LogP) is 3.51. The maximum Gasteiger partial charge on any atom is 0.200 e. The first-order valence-electron chi connectivity index (χ1n) is 10.2. The largest absolute Gasteiger partial charge is 0.502 e. The maximum atomic E-state index is 10.1. The number of hydrogen-bond acceptors (Lipinski definition) is 4. The van der Waals surface area contributed by atoms with Crippen molar-refractivity contribution in [2.75, 3.05) is 27.3 Å². The topological polar surface area (TPSA) is 80.0 Å². The first-order chi connectivity index (χ1) is 14.7. The van der Waals surface area contributed by atoms with Crippen LogP contribution in [0.1, 0.15) is 18.9 Å². The van der Waals surface area contributed by atoms with Gasteiger partial charge in [0.1, 0.15) is 0 Å². The van der Waals surface area contributed by atoms with Gasteiger partial charge in [0.25, 0.3) is 0 Å². The molecule has 160 valence electrons. The number of fused-ring (bicyclic) bond motifs is 1. The van der Waals surface area contributed by atoms with Crippen LogP contribution in [0.15, 0.2) is 53.7 Å². The fourth-order valence-corrected chi connectivity index (χ4v) is 3.34. The molecule has 0 saturated carbocycles. The van der Waals surface area contributed by atoms with Gasteiger partial charge in [0.15, 0.2) is 17.5 Å². The molecule has 0 atom stereocenters. The second kappa shape index (κ2) is 10.4. The number of para-hydroxylation sites is 1. The number of ether oxygens (including phenoxy) is 2. The van der Waals surface area contributed by atoms with Crippen LogP contribution < -0.4 is 20.1 Å². The lowest BCUT2D eigenvalue weighted by molar-refractivity contribution is 0.339. The molecule has 1 aromatic heterocycles. The number of nitrogens with zero attached hydrogens (tertiary/aromatic N) is 2. The number of rotatable bonds is 9. The lowest BCUT2D eigenvalue weighted by Gasteiger charge is -2.13. The molecule has 30 heavy (non-hydrogen) atoms. The van der Waals surface area contributed by atoms with Crippen molar-refractivity contribution in [3.05, 3.63) is 54.2 Å². The molecule has 3 rings (SSSR count). The van der Waals surface area contributed by atoms with Crippen LogP contribution in [0, 0.1) is 0 Å². The van der Waals surface area contributed by atoms with E-state index in [0.29, 0.717) is 18.0 Å². The number of aryl methyl sites for hydroxylation is 1. The van der Waals surface area contributed by atoms with E-state index in [-0.39, 0.29) is 5.75 Å². The van der Waals surface area contributed by atoms with E-state index >= 15 is 0 Å². The lowest BCUT2D eigenvalue weighted by atomic mass is 10.2. The summed E-state index contributed by atoms with van der Waals surface area (Å²) < 4.78 is 12.7. The van der Waals surface area contributed by atoms with E-state index in [1.165, 1.54) is 25.1 Å². The Hall–Kier alpha value is -3.35.